The molecule has 2 atom stereocenters. The van der Waals surface area contributed by atoms with Gasteiger partial charge in [-0.25, -0.2) is 0 Å². The molecule has 1 fully saturated rings. The highest BCUT2D eigenvalue weighted by Gasteiger charge is 2.29. The largest absolute Gasteiger partial charge is 0.378 e. The number of hydrogen-bond donors (Lipinski definition) is 0. The van der Waals surface area contributed by atoms with Crippen molar-refractivity contribution in [1.82, 2.24) is 4.90 Å². The van der Waals surface area contributed by atoms with E-state index >= 15 is 0 Å². The molecule has 0 radical (unpaired) electrons. The molecule has 1 aliphatic heterocycles. The van der Waals surface area contributed by atoms with Gasteiger partial charge in [0.05, 0.1) is 18.6 Å². The zero-order valence-corrected chi connectivity index (χ0v) is 11.8. The van der Waals surface area contributed by atoms with Gasteiger partial charge in [0, 0.05) is 18.9 Å². The van der Waals surface area contributed by atoms with Gasteiger partial charge in [-0.1, -0.05) is 22.4 Å². The van der Waals surface area contributed by atoms with Crippen molar-refractivity contribution in [2.45, 2.75) is 38.7 Å². The molecule has 0 N–H and O–H groups in total. The van der Waals surface area contributed by atoms with E-state index in [1.54, 1.807) is 0 Å². The highest BCUT2D eigenvalue weighted by molar-refractivity contribution is 9.09. The molecule has 94 valence electrons. The molecule has 0 aliphatic carbocycles. The van der Waals surface area contributed by atoms with Crippen LogP contribution in [0, 0.1) is 5.92 Å². The Morgan fingerprint density at radius 3 is 2.75 bits per heavy atom. The molecule has 1 amide bonds. The van der Waals surface area contributed by atoms with Crippen molar-refractivity contribution >= 4 is 21.8 Å². The summed E-state index contributed by atoms with van der Waals surface area (Å²) < 4.78 is 5.43. The zero-order chi connectivity index (χ0) is 12.0. The minimum Gasteiger partial charge on any atom is -0.378 e. The molecule has 0 saturated carbocycles. The predicted octanol–water partition coefficient (Wildman–Crippen LogP) is 2.44. The number of unbranched alkanes of at least 4 members (excludes halogenated alkanes) is 2. The molecule has 0 aromatic carbocycles. The number of hydrogen-bond acceptors (Lipinski definition) is 2. The van der Waals surface area contributed by atoms with Crippen LogP contribution >= 0.6 is 15.9 Å². The standard InChI is InChI=1S/C12H22BrNO2/c1-10-8-11(9-16-10)12(15)14(2)7-5-3-4-6-13/h10-11H,3-9H2,1-2H3. The molecule has 1 heterocycles. The molecule has 4 heteroatoms. The first-order valence-electron chi connectivity index (χ1n) is 6.07. The van der Waals surface area contributed by atoms with Crippen molar-refractivity contribution in [1.29, 1.82) is 0 Å². The lowest BCUT2D eigenvalue weighted by atomic mass is 10.0. The quantitative estimate of drug-likeness (QED) is 0.556. The first kappa shape index (κ1) is 14.0. The Labute approximate surface area is 107 Å². The van der Waals surface area contributed by atoms with Gasteiger partial charge in [0.25, 0.3) is 0 Å². The smallest absolute Gasteiger partial charge is 0.227 e. The third kappa shape index (κ3) is 4.42. The summed E-state index contributed by atoms with van der Waals surface area (Å²) >= 11 is 3.41. The minimum absolute atomic E-state index is 0.0937. The second-order valence-corrected chi connectivity index (χ2v) is 5.38. The van der Waals surface area contributed by atoms with Gasteiger partial charge < -0.3 is 9.64 Å². The summed E-state index contributed by atoms with van der Waals surface area (Å²) in [7, 11) is 1.90. The molecular formula is C12H22BrNO2. The van der Waals surface area contributed by atoms with E-state index < -0.39 is 0 Å². The molecule has 0 bridgehead atoms. The van der Waals surface area contributed by atoms with E-state index in [0.717, 1.165) is 24.7 Å². The van der Waals surface area contributed by atoms with Crippen LogP contribution in [-0.4, -0.2) is 42.4 Å². The fourth-order valence-corrected chi connectivity index (χ4v) is 2.43. The maximum atomic E-state index is 12.0. The molecule has 3 nitrogen and oxygen atoms in total. The Kier molecular flexibility index (Phi) is 6.36. The number of carbonyl (C=O) groups is 1. The van der Waals surface area contributed by atoms with Gasteiger partial charge in [-0.15, -0.1) is 0 Å². The van der Waals surface area contributed by atoms with Crippen LogP contribution in [0.1, 0.15) is 32.6 Å². The van der Waals surface area contributed by atoms with Crippen molar-refractivity contribution in [2.24, 2.45) is 5.92 Å². The third-order valence-electron chi connectivity index (χ3n) is 3.05. The average molecular weight is 292 g/mol. The highest BCUT2D eigenvalue weighted by atomic mass is 79.9. The van der Waals surface area contributed by atoms with E-state index in [9.17, 15) is 4.79 Å². The fraction of sp³-hybridized carbons (Fsp3) is 0.917. The number of amides is 1. The van der Waals surface area contributed by atoms with Crippen molar-refractivity contribution < 1.29 is 9.53 Å². The lowest BCUT2D eigenvalue weighted by molar-refractivity contribution is -0.134. The van der Waals surface area contributed by atoms with E-state index in [0.29, 0.717) is 6.61 Å². The fourth-order valence-electron chi connectivity index (χ4n) is 2.03. The molecule has 0 aromatic heterocycles. The van der Waals surface area contributed by atoms with Gasteiger partial charge in [0.2, 0.25) is 5.91 Å². The van der Waals surface area contributed by atoms with E-state index in [2.05, 4.69) is 15.9 Å². The second kappa shape index (κ2) is 7.28. The monoisotopic (exact) mass is 291 g/mol. The van der Waals surface area contributed by atoms with E-state index in [-0.39, 0.29) is 17.9 Å². The van der Waals surface area contributed by atoms with Gasteiger partial charge in [-0.05, 0) is 26.2 Å². The van der Waals surface area contributed by atoms with Crippen molar-refractivity contribution in [2.75, 3.05) is 25.5 Å². The van der Waals surface area contributed by atoms with Crippen LogP contribution in [0.5, 0.6) is 0 Å². The number of alkyl halides is 1. The van der Waals surface area contributed by atoms with Crippen LogP contribution in [0.3, 0.4) is 0 Å². The Balaban J connectivity index is 2.20. The summed E-state index contributed by atoms with van der Waals surface area (Å²) in [6, 6.07) is 0. The lowest BCUT2D eigenvalue weighted by Gasteiger charge is -2.20. The first-order chi connectivity index (χ1) is 7.65. The minimum atomic E-state index is 0.0937. The molecule has 1 rings (SSSR count). The molecule has 0 spiro atoms. The summed E-state index contributed by atoms with van der Waals surface area (Å²) in [5.41, 5.74) is 0. The molecule has 16 heavy (non-hydrogen) atoms. The van der Waals surface area contributed by atoms with Gasteiger partial charge in [-0.2, -0.15) is 0 Å². The normalized spacial score (nSPS) is 24.7. The first-order valence-corrected chi connectivity index (χ1v) is 7.20. The van der Waals surface area contributed by atoms with Gasteiger partial charge in [0.1, 0.15) is 0 Å². The average Bonchev–Trinajstić information content (AvgIpc) is 2.70. The van der Waals surface area contributed by atoms with Gasteiger partial charge >= 0.3 is 0 Å². The summed E-state index contributed by atoms with van der Waals surface area (Å²) in [6.07, 6.45) is 4.59. The Hall–Kier alpha value is -0.0900. The van der Waals surface area contributed by atoms with Crippen LogP contribution in [0.2, 0.25) is 0 Å². The maximum Gasteiger partial charge on any atom is 0.227 e. The second-order valence-electron chi connectivity index (χ2n) is 4.59. The number of ether oxygens (including phenoxy) is 1. The lowest BCUT2D eigenvalue weighted by Crippen LogP contribution is -2.34. The van der Waals surface area contributed by atoms with Crippen molar-refractivity contribution in [3.05, 3.63) is 0 Å². The Morgan fingerprint density at radius 1 is 1.44 bits per heavy atom. The highest BCUT2D eigenvalue weighted by Crippen LogP contribution is 2.20. The molecule has 0 aromatic rings. The van der Waals surface area contributed by atoms with Gasteiger partial charge in [0.15, 0.2) is 0 Å². The number of nitrogens with zero attached hydrogens (tertiary/aromatic N) is 1. The topological polar surface area (TPSA) is 29.5 Å². The Morgan fingerprint density at radius 2 is 2.19 bits per heavy atom. The van der Waals surface area contributed by atoms with E-state index in [1.165, 1.54) is 12.8 Å². The van der Waals surface area contributed by atoms with Gasteiger partial charge in [-0.3, -0.25) is 4.79 Å². The number of rotatable bonds is 6. The van der Waals surface area contributed by atoms with Crippen LogP contribution in [0.4, 0.5) is 0 Å². The number of carbonyl (C=O) groups excluding carboxylic acids is 1. The molecule has 1 aliphatic rings. The van der Waals surface area contributed by atoms with E-state index in [1.807, 2.05) is 18.9 Å². The van der Waals surface area contributed by atoms with Crippen LogP contribution in [-0.2, 0) is 9.53 Å². The van der Waals surface area contributed by atoms with E-state index in [4.69, 9.17) is 4.74 Å². The maximum absolute atomic E-state index is 12.0. The molecule has 1 saturated heterocycles. The van der Waals surface area contributed by atoms with Crippen LogP contribution < -0.4 is 0 Å². The summed E-state index contributed by atoms with van der Waals surface area (Å²) in [6.45, 7) is 3.51. The van der Waals surface area contributed by atoms with Crippen molar-refractivity contribution in [3.63, 3.8) is 0 Å². The van der Waals surface area contributed by atoms with Crippen LogP contribution in [0.15, 0.2) is 0 Å². The summed E-state index contributed by atoms with van der Waals surface area (Å²) in [5.74, 6) is 0.347. The van der Waals surface area contributed by atoms with Crippen LogP contribution in [0.25, 0.3) is 0 Å². The summed E-state index contributed by atoms with van der Waals surface area (Å²) in [4.78, 5) is 13.9. The molecule has 2 unspecified atom stereocenters. The number of halogens is 1. The SMILES string of the molecule is CC1CC(C(=O)N(C)CCCCCBr)CO1. The van der Waals surface area contributed by atoms with Crippen molar-refractivity contribution in [3.8, 4) is 0 Å². The zero-order valence-electron chi connectivity index (χ0n) is 10.2. The third-order valence-corrected chi connectivity index (χ3v) is 3.61. The Bertz CT molecular complexity index is 223. The predicted molar refractivity (Wildman–Crippen MR) is 68.8 cm³/mol. The molecular weight excluding hydrogens is 270 g/mol. The summed E-state index contributed by atoms with van der Waals surface area (Å²) in [5, 5.41) is 1.05.